The summed E-state index contributed by atoms with van der Waals surface area (Å²) in [5.41, 5.74) is 3.55. The van der Waals surface area contributed by atoms with Crippen LogP contribution >= 0.6 is 0 Å². The fraction of sp³-hybridized carbons (Fsp3) is 0.0455. The zero-order chi connectivity index (χ0) is 18.6. The molecule has 4 aromatic rings. The zero-order valence-corrected chi connectivity index (χ0v) is 14.6. The van der Waals surface area contributed by atoms with E-state index in [0.29, 0.717) is 12.2 Å². The van der Waals surface area contributed by atoms with Gasteiger partial charge in [0, 0.05) is 24.0 Å². The molecule has 0 atom stereocenters. The van der Waals surface area contributed by atoms with Gasteiger partial charge in [0.1, 0.15) is 0 Å². The van der Waals surface area contributed by atoms with Gasteiger partial charge in [-0.1, -0.05) is 55.1 Å². The molecule has 5 heteroatoms. The van der Waals surface area contributed by atoms with Gasteiger partial charge in [0.15, 0.2) is 5.82 Å². The van der Waals surface area contributed by atoms with Crippen molar-refractivity contribution in [2.45, 2.75) is 6.42 Å². The van der Waals surface area contributed by atoms with Crippen LogP contribution in [0.4, 0.5) is 5.82 Å². The molecule has 0 radical (unpaired) electrons. The molecule has 0 spiro atoms. The number of hydrogen-bond acceptors (Lipinski definition) is 3. The lowest BCUT2D eigenvalue weighted by molar-refractivity contribution is -0.115. The largest absolute Gasteiger partial charge is 0.309 e. The number of benzene rings is 2. The van der Waals surface area contributed by atoms with E-state index >= 15 is 0 Å². The van der Waals surface area contributed by atoms with E-state index in [-0.39, 0.29) is 5.91 Å². The van der Waals surface area contributed by atoms with E-state index in [0.717, 1.165) is 33.2 Å². The molecule has 5 nitrogen and oxygen atoms in total. The number of pyridine rings is 1. The minimum Gasteiger partial charge on any atom is -0.309 e. The quantitative estimate of drug-likeness (QED) is 0.556. The Bertz CT molecular complexity index is 1130. The Labute approximate surface area is 156 Å². The molecule has 2 aromatic carbocycles. The second-order valence-corrected chi connectivity index (χ2v) is 6.28. The van der Waals surface area contributed by atoms with Gasteiger partial charge in [-0.25, -0.2) is 0 Å². The van der Waals surface area contributed by atoms with Crippen molar-refractivity contribution in [2.24, 2.45) is 0 Å². The number of nitrogens with zero attached hydrogens (tertiary/aromatic N) is 2. The van der Waals surface area contributed by atoms with E-state index in [2.05, 4.69) is 33.1 Å². The molecule has 0 unspecified atom stereocenters. The zero-order valence-electron chi connectivity index (χ0n) is 14.6. The fourth-order valence-corrected chi connectivity index (χ4v) is 2.97. The summed E-state index contributed by atoms with van der Waals surface area (Å²) in [6.07, 6.45) is 5.50. The van der Waals surface area contributed by atoms with Gasteiger partial charge in [-0.2, -0.15) is 5.10 Å². The number of aromatic nitrogens is 3. The van der Waals surface area contributed by atoms with Crippen molar-refractivity contribution in [2.75, 3.05) is 5.32 Å². The average molecular weight is 354 g/mol. The monoisotopic (exact) mass is 354 g/mol. The molecule has 2 N–H and O–H groups in total. The lowest BCUT2D eigenvalue weighted by atomic mass is 10.0. The maximum Gasteiger partial charge on any atom is 0.229 e. The van der Waals surface area contributed by atoms with Crippen LogP contribution < -0.4 is 5.32 Å². The molecule has 0 saturated carbocycles. The topological polar surface area (TPSA) is 70.7 Å². The number of hydrogen-bond donors (Lipinski definition) is 2. The number of carbonyl (C=O) groups excluding carboxylic acids is 1. The standard InChI is InChI=1S/C22H18N4O/c1-2-15-9-19(14-23-13-15)20-12-21(26-25-20)24-22(27)11-16-7-8-17-5-3-4-6-18(17)10-16/h2-10,12-14H,1,11H2,(H2,24,25,26,27). The third-order valence-electron chi connectivity index (χ3n) is 4.33. The van der Waals surface area contributed by atoms with Crippen molar-refractivity contribution in [3.63, 3.8) is 0 Å². The molecule has 0 aliphatic rings. The van der Waals surface area contributed by atoms with Crippen molar-refractivity contribution < 1.29 is 4.79 Å². The first-order valence-corrected chi connectivity index (χ1v) is 8.62. The van der Waals surface area contributed by atoms with Crippen LogP contribution in [0.2, 0.25) is 0 Å². The highest BCUT2D eigenvalue weighted by Gasteiger charge is 2.09. The second-order valence-electron chi connectivity index (χ2n) is 6.28. The molecule has 0 saturated heterocycles. The van der Waals surface area contributed by atoms with Gasteiger partial charge in [0.05, 0.1) is 12.1 Å². The van der Waals surface area contributed by atoms with E-state index in [1.165, 1.54) is 0 Å². The molecule has 0 fully saturated rings. The fourth-order valence-electron chi connectivity index (χ4n) is 2.97. The first-order valence-electron chi connectivity index (χ1n) is 8.62. The number of aromatic amines is 1. The van der Waals surface area contributed by atoms with E-state index in [1.54, 1.807) is 24.5 Å². The van der Waals surface area contributed by atoms with Crippen LogP contribution in [0, 0.1) is 0 Å². The van der Waals surface area contributed by atoms with Gasteiger partial charge >= 0.3 is 0 Å². The highest BCUT2D eigenvalue weighted by atomic mass is 16.1. The maximum atomic E-state index is 12.4. The summed E-state index contributed by atoms with van der Waals surface area (Å²) in [5, 5.41) is 12.2. The Hall–Kier alpha value is -3.73. The van der Waals surface area contributed by atoms with Crippen LogP contribution in [0.5, 0.6) is 0 Å². The van der Waals surface area contributed by atoms with E-state index in [4.69, 9.17) is 0 Å². The predicted molar refractivity (Wildman–Crippen MR) is 108 cm³/mol. The molecular formula is C22H18N4O. The number of rotatable bonds is 5. The lowest BCUT2D eigenvalue weighted by Gasteiger charge is -2.04. The number of anilines is 1. The van der Waals surface area contributed by atoms with E-state index in [1.807, 2.05) is 42.5 Å². The normalized spacial score (nSPS) is 10.7. The van der Waals surface area contributed by atoms with Gasteiger partial charge in [0.2, 0.25) is 5.91 Å². The third kappa shape index (κ3) is 3.77. The molecule has 2 heterocycles. The highest BCUT2D eigenvalue weighted by Crippen LogP contribution is 2.21. The summed E-state index contributed by atoms with van der Waals surface area (Å²) in [6, 6.07) is 17.9. The molecule has 1 amide bonds. The smallest absolute Gasteiger partial charge is 0.229 e. The Kier molecular flexibility index (Phi) is 4.49. The van der Waals surface area contributed by atoms with Crippen LogP contribution in [0.1, 0.15) is 11.1 Å². The van der Waals surface area contributed by atoms with Crippen molar-refractivity contribution >= 4 is 28.6 Å². The number of amides is 1. The van der Waals surface area contributed by atoms with Crippen LogP contribution in [0.25, 0.3) is 28.1 Å². The van der Waals surface area contributed by atoms with Crippen molar-refractivity contribution in [3.05, 3.63) is 84.7 Å². The minimum absolute atomic E-state index is 0.110. The summed E-state index contributed by atoms with van der Waals surface area (Å²) >= 11 is 0. The van der Waals surface area contributed by atoms with E-state index in [9.17, 15) is 4.79 Å². The van der Waals surface area contributed by atoms with Crippen LogP contribution in [-0.2, 0) is 11.2 Å². The number of fused-ring (bicyclic) bond motifs is 1. The highest BCUT2D eigenvalue weighted by molar-refractivity contribution is 5.93. The van der Waals surface area contributed by atoms with Gasteiger partial charge in [-0.05, 0) is 28.0 Å². The molecule has 0 aliphatic carbocycles. The van der Waals surface area contributed by atoms with Crippen LogP contribution in [0.15, 0.2) is 73.6 Å². The summed E-state index contributed by atoms with van der Waals surface area (Å²) in [5.74, 6) is 0.376. The SMILES string of the molecule is C=Cc1cncc(-c2cc(NC(=O)Cc3ccc4ccccc4c3)n[nH]2)c1. The Morgan fingerprint density at radius 1 is 1.07 bits per heavy atom. The van der Waals surface area contributed by atoms with Crippen LogP contribution in [-0.4, -0.2) is 21.1 Å². The number of H-pyrrole nitrogens is 1. The lowest BCUT2D eigenvalue weighted by Crippen LogP contribution is -2.14. The minimum atomic E-state index is -0.110. The summed E-state index contributed by atoms with van der Waals surface area (Å²) in [7, 11) is 0. The number of carbonyl (C=O) groups is 1. The Balaban J connectivity index is 1.46. The van der Waals surface area contributed by atoms with Gasteiger partial charge in [-0.15, -0.1) is 0 Å². The summed E-state index contributed by atoms with van der Waals surface area (Å²) in [6.45, 7) is 3.75. The number of nitrogens with one attached hydrogen (secondary N) is 2. The van der Waals surface area contributed by atoms with E-state index < -0.39 is 0 Å². The molecular weight excluding hydrogens is 336 g/mol. The third-order valence-corrected chi connectivity index (χ3v) is 4.33. The first kappa shape index (κ1) is 16.7. The Morgan fingerprint density at radius 2 is 1.93 bits per heavy atom. The first-order chi connectivity index (χ1) is 13.2. The van der Waals surface area contributed by atoms with Crippen LogP contribution in [0.3, 0.4) is 0 Å². The maximum absolute atomic E-state index is 12.4. The Morgan fingerprint density at radius 3 is 2.78 bits per heavy atom. The summed E-state index contributed by atoms with van der Waals surface area (Å²) in [4.78, 5) is 16.5. The molecule has 132 valence electrons. The van der Waals surface area contributed by atoms with Gasteiger partial charge in [0.25, 0.3) is 0 Å². The molecule has 4 rings (SSSR count). The van der Waals surface area contributed by atoms with Crippen molar-refractivity contribution in [3.8, 4) is 11.3 Å². The van der Waals surface area contributed by atoms with Gasteiger partial charge < -0.3 is 5.32 Å². The summed E-state index contributed by atoms with van der Waals surface area (Å²) < 4.78 is 0. The van der Waals surface area contributed by atoms with Crippen molar-refractivity contribution in [1.82, 2.24) is 15.2 Å². The second kappa shape index (κ2) is 7.25. The van der Waals surface area contributed by atoms with Crippen molar-refractivity contribution in [1.29, 1.82) is 0 Å². The van der Waals surface area contributed by atoms with Gasteiger partial charge in [-0.3, -0.25) is 14.9 Å². The molecule has 2 aromatic heterocycles. The average Bonchev–Trinajstić information content (AvgIpc) is 3.16. The molecule has 27 heavy (non-hydrogen) atoms. The predicted octanol–water partition coefficient (Wildman–Crippen LogP) is 4.45. The molecule has 0 aliphatic heterocycles. The molecule has 0 bridgehead atoms.